The molecule has 94 valence electrons. The molecule has 2 nitrogen and oxygen atoms in total. The summed E-state index contributed by atoms with van der Waals surface area (Å²) in [5, 5.41) is 0.160. The monoisotopic (exact) mass is 374 g/mol. The zero-order chi connectivity index (χ0) is 12.1. The Kier molecular flexibility index (Phi) is 6.67. The number of ether oxygens (including phenoxy) is 1. The average molecular weight is 377 g/mol. The lowest BCUT2D eigenvalue weighted by Crippen LogP contribution is -2.37. The lowest BCUT2D eigenvalue weighted by molar-refractivity contribution is -0.142. The second-order valence-corrected chi connectivity index (χ2v) is 6.67. The van der Waals surface area contributed by atoms with Crippen LogP contribution in [0.3, 0.4) is 0 Å². The van der Waals surface area contributed by atoms with Crippen molar-refractivity contribution in [1.29, 1.82) is 0 Å². The minimum absolute atomic E-state index is 0.0503. The average Bonchev–Trinajstić information content (AvgIpc) is 2.28. The van der Waals surface area contributed by atoms with Crippen LogP contribution in [0.1, 0.15) is 32.6 Å². The van der Waals surface area contributed by atoms with E-state index in [1.807, 2.05) is 6.92 Å². The van der Waals surface area contributed by atoms with Crippen LogP contribution in [0.2, 0.25) is 0 Å². The molecule has 0 aromatic rings. The Balaban J connectivity index is 2.54. The van der Waals surface area contributed by atoms with Gasteiger partial charge in [-0.15, -0.1) is 11.6 Å². The highest BCUT2D eigenvalue weighted by Crippen LogP contribution is 2.37. The van der Waals surface area contributed by atoms with Crippen LogP contribution in [0.15, 0.2) is 0 Å². The van der Waals surface area contributed by atoms with Crippen LogP contribution in [-0.2, 0) is 9.53 Å². The van der Waals surface area contributed by atoms with Gasteiger partial charge >= 0.3 is 5.97 Å². The third-order valence-corrected chi connectivity index (χ3v) is 6.33. The molecule has 4 unspecified atom stereocenters. The summed E-state index contributed by atoms with van der Waals surface area (Å²) in [6.45, 7) is 2.22. The van der Waals surface area contributed by atoms with Crippen LogP contribution in [0, 0.1) is 5.92 Å². The van der Waals surface area contributed by atoms with E-state index in [9.17, 15) is 4.79 Å². The SMILES string of the molecule is CCOC(=O)C(Br)C(Br)C1CCCCC1Cl. The molecule has 0 aromatic carbocycles. The molecule has 0 saturated heterocycles. The normalized spacial score (nSPS) is 29.5. The molecule has 0 spiro atoms. The van der Waals surface area contributed by atoms with Gasteiger partial charge in [0, 0.05) is 10.2 Å². The van der Waals surface area contributed by atoms with Gasteiger partial charge in [0.15, 0.2) is 0 Å². The third kappa shape index (κ3) is 3.88. The summed E-state index contributed by atoms with van der Waals surface area (Å²) in [5.41, 5.74) is 0. The molecule has 0 amide bonds. The second-order valence-electron chi connectivity index (χ2n) is 4.06. The maximum atomic E-state index is 11.6. The van der Waals surface area contributed by atoms with Crippen molar-refractivity contribution >= 4 is 49.4 Å². The van der Waals surface area contributed by atoms with Crippen molar-refractivity contribution in [2.24, 2.45) is 5.92 Å². The molecule has 0 aromatic heterocycles. The lowest BCUT2D eigenvalue weighted by atomic mass is 9.85. The molecule has 1 fully saturated rings. The van der Waals surface area contributed by atoms with Gasteiger partial charge in [-0.25, -0.2) is 0 Å². The molecule has 0 aliphatic heterocycles. The summed E-state index contributed by atoms with van der Waals surface area (Å²) in [6.07, 6.45) is 4.50. The first-order valence-corrected chi connectivity index (χ1v) is 7.93. The van der Waals surface area contributed by atoms with Crippen molar-refractivity contribution in [3.05, 3.63) is 0 Å². The standard InChI is InChI=1S/C11H17Br2ClO2/c1-2-16-11(15)10(13)9(12)7-5-3-4-6-8(7)14/h7-10H,2-6H2,1H3. The van der Waals surface area contributed by atoms with E-state index in [0.29, 0.717) is 12.5 Å². The Labute approximate surface area is 119 Å². The topological polar surface area (TPSA) is 26.3 Å². The molecule has 16 heavy (non-hydrogen) atoms. The molecular formula is C11H17Br2ClO2. The van der Waals surface area contributed by atoms with Crippen LogP contribution in [0.5, 0.6) is 0 Å². The Morgan fingerprint density at radius 2 is 2.06 bits per heavy atom. The first kappa shape index (κ1) is 14.8. The van der Waals surface area contributed by atoms with Crippen molar-refractivity contribution in [1.82, 2.24) is 0 Å². The smallest absolute Gasteiger partial charge is 0.320 e. The van der Waals surface area contributed by atoms with E-state index < -0.39 is 0 Å². The zero-order valence-corrected chi connectivity index (χ0v) is 13.2. The van der Waals surface area contributed by atoms with Gasteiger partial charge in [0.1, 0.15) is 4.83 Å². The first-order valence-electron chi connectivity index (χ1n) is 5.66. The van der Waals surface area contributed by atoms with E-state index in [1.165, 1.54) is 12.8 Å². The first-order chi connectivity index (χ1) is 7.57. The number of carbonyl (C=O) groups excluding carboxylic acids is 1. The summed E-state index contributed by atoms with van der Waals surface area (Å²) >= 11 is 13.3. The van der Waals surface area contributed by atoms with E-state index in [2.05, 4.69) is 31.9 Å². The fraction of sp³-hybridized carbons (Fsp3) is 0.909. The molecule has 0 bridgehead atoms. The number of carbonyl (C=O) groups is 1. The summed E-state index contributed by atoms with van der Waals surface area (Å²) in [5.74, 6) is 0.128. The van der Waals surface area contributed by atoms with E-state index in [0.717, 1.165) is 12.8 Å². The Morgan fingerprint density at radius 3 is 2.62 bits per heavy atom. The molecule has 1 aliphatic carbocycles. The van der Waals surface area contributed by atoms with Gasteiger partial charge in [-0.1, -0.05) is 44.7 Å². The van der Waals surface area contributed by atoms with Crippen molar-refractivity contribution in [2.45, 2.75) is 47.6 Å². The van der Waals surface area contributed by atoms with Gasteiger partial charge in [0.2, 0.25) is 0 Å². The molecule has 5 heteroatoms. The fourth-order valence-electron chi connectivity index (χ4n) is 2.04. The highest BCUT2D eigenvalue weighted by atomic mass is 79.9. The molecule has 1 aliphatic rings. The van der Waals surface area contributed by atoms with E-state index in [1.54, 1.807) is 0 Å². The number of esters is 1. The molecule has 0 N–H and O–H groups in total. The molecule has 4 atom stereocenters. The van der Waals surface area contributed by atoms with Crippen molar-refractivity contribution in [3.63, 3.8) is 0 Å². The maximum Gasteiger partial charge on any atom is 0.320 e. The van der Waals surface area contributed by atoms with Crippen molar-refractivity contribution in [3.8, 4) is 0 Å². The molecular weight excluding hydrogens is 359 g/mol. The van der Waals surface area contributed by atoms with Gasteiger partial charge in [-0.2, -0.15) is 0 Å². The Morgan fingerprint density at radius 1 is 1.44 bits per heavy atom. The van der Waals surface area contributed by atoms with Crippen molar-refractivity contribution < 1.29 is 9.53 Å². The predicted octanol–water partition coefficient (Wildman–Crippen LogP) is 3.87. The van der Waals surface area contributed by atoms with Crippen LogP contribution >= 0.6 is 43.5 Å². The minimum Gasteiger partial charge on any atom is -0.465 e. The number of hydrogen-bond acceptors (Lipinski definition) is 2. The van der Waals surface area contributed by atoms with Gasteiger partial charge < -0.3 is 4.74 Å². The minimum atomic E-state index is -0.309. The van der Waals surface area contributed by atoms with E-state index in [-0.39, 0.29) is 21.0 Å². The highest BCUT2D eigenvalue weighted by molar-refractivity contribution is 9.12. The molecule has 0 heterocycles. The van der Waals surface area contributed by atoms with Gasteiger partial charge in [0.05, 0.1) is 6.61 Å². The van der Waals surface area contributed by atoms with E-state index >= 15 is 0 Å². The van der Waals surface area contributed by atoms with E-state index in [4.69, 9.17) is 16.3 Å². The lowest BCUT2D eigenvalue weighted by Gasteiger charge is -2.32. The van der Waals surface area contributed by atoms with Crippen LogP contribution < -0.4 is 0 Å². The zero-order valence-electron chi connectivity index (χ0n) is 9.30. The second kappa shape index (κ2) is 7.22. The number of rotatable bonds is 4. The molecule has 0 radical (unpaired) electrons. The number of alkyl halides is 3. The Bertz CT molecular complexity index is 238. The fourth-order valence-corrected chi connectivity index (χ4v) is 4.03. The summed E-state index contributed by atoms with van der Waals surface area (Å²) in [4.78, 5) is 11.3. The van der Waals surface area contributed by atoms with Gasteiger partial charge in [-0.05, 0) is 25.7 Å². The number of hydrogen-bond donors (Lipinski definition) is 0. The van der Waals surface area contributed by atoms with Crippen molar-refractivity contribution in [2.75, 3.05) is 6.61 Å². The predicted molar refractivity (Wildman–Crippen MR) is 73.7 cm³/mol. The van der Waals surface area contributed by atoms with Gasteiger partial charge in [0.25, 0.3) is 0 Å². The van der Waals surface area contributed by atoms with Gasteiger partial charge in [-0.3, -0.25) is 4.79 Å². The molecule has 1 rings (SSSR count). The maximum absolute atomic E-state index is 11.6. The summed E-state index contributed by atoms with van der Waals surface area (Å²) in [7, 11) is 0. The van der Waals surface area contributed by atoms with Crippen LogP contribution in [0.4, 0.5) is 0 Å². The van der Waals surface area contributed by atoms with Crippen LogP contribution in [-0.4, -0.2) is 27.6 Å². The summed E-state index contributed by atoms with van der Waals surface area (Å²) in [6, 6.07) is 0. The summed E-state index contributed by atoms with van der Waals surface area (Å²) < 4.78 is 4.99. The molecule has 1 saturated carbocycles. The quantitative estimate of drug-likeness (QED) is 0.550. The highest BCUT2D eigenvalue weighted by Gasteiger charge is 2.36. The number of halogens is 3. The third-order valence-electron chi connectivity index (χ3n) is 2.93. The van der Waals surface area contributed by atoms with Crippen LogP contribution in [0.25, 0.3) is 0 Å². The largest absolute Gasteiger partial charge is 0.465 e. The Hall–Kier alpha value is 0.720.